The van der Waals surface area contributed by atoms with Gasteiger partial charge in [-0.25, -0.2) is 0 Å². The lowest BCUT2D eigenvalue weighted by Gasteiger charge is -2.31. The van der Waals surface area contributed by atoms with Crippen LogP contribution in [0, 0.1) is 11.8 Å². The van der Waals surface area contributed by atoms with Gasteiger partial charge in [-0.05, 0) is 36.8 Å². The number of hydrogen-bond donors (Lipinski definition) is 1. The third-order valence-electron chi connectivity index (χ3n) is 5.10. The van der Waals surface area contributed by atoms with Gasteiger partial charge in [0.1, 0.15) is 12.1 Å². The van der Waals surface area contributed by atoms with Crippen LogP contribution in [-0.2, 0) is 27.1 Å². The topological polar surface area (TPSA) is 61.5 Å². The second-order valence-corrected chi connectivity index (χ2v) is 7.09. The van der Waals surface area contributed by atoms with Gasteiger partial charge < -0.3 is 15.2 Å². The van der Waals surface area contributed by atoms with Crippen molar-refractivity contribution in [1.29, 1.82) is 0 Å². The minimum atomic E-state index is -0.717. The van der Waals surface area contributed by atoms with Crippen molar-refractivity contribution in [2.24, 2.45) is 17.6 Å². The highest BCUT2D eigenvalue weighted by molar-refractivity contribution is 5.85. The predicted molar refractivity (Wildman–Crippen MR) is 109 cm³/mol. The lowest BCUT2D eigenvalue weighted by atomic mass is 9.80. The molecule has 1 aliphatic heterocycles. The first-order valence-electron chi connectivity index (χ1n) is 9.25. The van der Waals surface area contributed by atoms with Crippen LogP contribution in [0.25, 0.3) is 0 Å². The molecular formula is C22H28ClNO3. The van der Waals surface area contributed by atoms with E-state index >= 15 is 0 Å². The molecule has 4 atom stereocenters. The SMILES string of the molecule is C[C@H]1OC(=O)[C@@H](N)COC[C@H](Cc2ccccc2)[C@H]1Cc1ccccc1.Cl. The Bertz CT molecular complexity index is 695. The van der Waals surface area contributed by atoms with Crippen molar-refractivity contribution >= 4 is 18.4 Å². The van der Waals surface area contributed by atoms with Crippen LogP contribution in [0.4, 0.5) is 0 Å². The average molecular weight is 390 g/mol. The molecule has 0 amide bonds. The molecule has 3 rings (SSSR count). The summed E-state index contributed by atoms with van der Waals surface area (Å²) in [5.41, 5.74) is 8.38. The first kappa shape index (κ1) is 21.4. The van der Waals surface area contributed by atoms with Gasteiger partial charge in [0.15, 0.2) is 0 Å². The predicted octanol–water partition coefficient (Wildman–Crippen LogP) is 3.42. The Hall–Kier alpha value is -1.88. The Balaban J connectivity index is 0.00000261. The molecule has 27 heavy (non-hydrogen) atoms. The van der Waals surface area contributed by atoms with E-state index < -0.39 is 6.04 Å². The van der Waals surface area contributed by atoms with Crippen LogP contribution in [0.1, 0.15) is 18.1 Å². The largest absolute Gasteiger partial charge is 0.461 e. The summed E-state index contributed by atoms with van der Waals surface area (Å²) in [6.45, 7) is 2.75. The lowest BCUT2D eigenvalue weighted by molar-refractivity contribution is -0.153. The third-order valence-corrected chi connectivity index (χ3v) is 5.10. The minimum absolute atomic E-state index is 0. The molecule has 2 aromatic carbocycles. The van der Waals surface area contributed by atoms with Crippen molar-refractivity contribution in [1.82, 2.24) is 0 Å². The van der Waals surface area contributed by atoms with Crippen LogP contribution in [0.3, 0.4) is 0 Å². The van der Waals surface area contributed by atoms with Crippen molar-refractivity contribution in [3.05, 3.63) is 71.8 Å². The van der Waals surface area contributed by atoms with Crippen LogP contribution in [0.2, 0.25) is 0 Å². The van der Waals surface area contributed by atoms with E-state index in [0.29, 0.717) is 6.61 Å². The molecule has 4 nitrogen and oxygen atoms in total. The maximum atomic E-state index is 12.2. The molecule has 0 radical (unpaired) electrons. The minimum Gasteiger partial charge on any atom is -0.461 e. The average Bonchev–Trinajstić information content (AvgIpc) is 2.70. The summed E-state index contributed by atoms with van der Waals surface area (Å²) >= 11 is 0. The van der Waals surface area contributed by atoms with Crippen LogP contribution >= 0.6 is 12.4 Å². The van der Waals surface area contributed by atoms with Gasteiger partial charge in [-0.2, -0.15) is 0 Å². The fourth-order valence-electron chi connectivity index (χ4n) is 3.63. The molecular weight excluding hydrogens is 362 g/mol. The fraction of sp³-hybridized carbons (Fsp3) is 0.409. The van der Waals surface area contributed by atoms with Gasteiger partial charge in [0.25, 0.3) is 0 Å². The number of hydrogen-bond acceptors (Lipinski definition) is 4. The maximum absolute atomic E-state index is 12.2. The van der Waals surface area contributed by atoms with Gasteiger partial charge in [0.05, 0.1) is 13.2 Å². The Morgan fingerprint density at radius 3 is 2.07 bits per heavy atom. The summed E-state index contributed by atoms with van der Waals surface area (Å²) < 4.78 is 11.5. The van der Waals surface area contributed by atoms with Crippen molar-refractivity contribution in [3.63, 3.8) is 0 Å². The number of carbonyl (C=O) groups is 1. The number of halogens is 1. The van der Waals surface area contributed by atoms with Gasteiger partial charge >= 0.3 is 5.97 Å². The van der Waals surface area contributed by atoms with Crippen LogP contribution in [0.5, 0.6) is 0 Å². The van der Waals surface area contributed by atoms with Crippen LogP contribution in [0.15, 0.2) is 60.7 Å². The van der Waals surface area contributed by atoms with E-state index in [4.69, 9.17) is 15.2 Å². The van der Waals surface area contributed by atoms with Gasteiger partial charge in [0.2, 0.25) is 0 Å². The van der Waals surface area contributed by atoms with E-state index in [0.717, 1.165) is 12.8 Å². The quantitative estimate of drug-likeness (QED) is 0.814. The Labute approximate surface area is 167 Å². The van der Waals surface area contributed by atoms with Gasteiger partial charge in [-0.15, -0.1) is 12.4 Å². The van der Waals surface area contributed by atoms with Crippen LogP contribution < -0.4 is 5.73 Å². The summed E-state index contributed by atoms with van der Waals surface area (Å²) in [6.07, 6.45) is 1.50. The van der Waals surface area contributed by atoms with Crippen molar-refractivity contribution in [2.45, 2.75) is 31.9 Å². The molecule has 0 bridgehead atoms. The first-order chi connectivity index (χ1) is 12.6. The van der Waals surface area contributed by atoms with E-state index in [-0.39, 0.29) is 42.9 Å². The van der Waals surface area contributed by atoms with E-state index in [9.17, 15) is 4.79 Å². The summed E-state index contributed by atoms with van der Waals surface area (Å²) in [7, 11) is 0. The van der Waals surface area contributed by atoms with Crippen molar-refractivity contribution in [3.8, 4) is 0 Å². The van der Waals surface area contributed by atoms with E-state index in [1.807, 2.05) is 31.2 Å². The molecule has 146 valence electrons. The van der Waals surface area contributed by atoms with Crippen molar-refractivity contribution < 1.29 is 14.3 Å². The van der Waals surface area contributed by atoms with E-state index in [1.54, 1.807) is 0 Å². The number of carbonyl (C=O) groups excluding carboxylic acids is 1. The molecule has 5 heteroatoms. The molecule has 1 aliphatic rings. The summed E-state index contributed by atoms with van der Waals surface area (Å²) in [4.78, 5) is 12.2. The molecule has 0 aliphatic carbocycles. The number of ether oxygens (including phenoxy) is 2. The molecule has 0 spiro atoms. The zero-order valence-corrected chi connectivity index (χ0v) is 16.4. The fourth-order valence-corrected chi connectivity index (χ4v) is 3.63. The number of rotatable bonds is 4. The molecule has 0 aromatic heterocycles. The molecule has 1 fully saturated rings. The Morgan fingerprint density at radius 1 is 0.926 bits per heavy atom. The van der Waals surface area contributed by atoms with E-state index in [2.05, 4.69) is 36.4 Å². The molecule has 2 aromatic rings. The maximum Gasteiger partial charge on any atom is 0.325 e. The highest BCUT2D eigenvalue weighted by atomic mass is 35.5. The number of cyclic esters (lactones) is 1. The lowest BCUT2D eigenvalue weighted by Crippen LogP contribution is -2.39. The number of nitrogens with two attached hydrogens (primary N) is 1. The zero-order chi connectivity index (χ0) is 18.4. The molecule has 1 saturated heterocycles. The van der Waals surface area contributed by atoms with Crippen molar-refractivity contribution in [2.75, 3.05) is 13.2 Å². The second kappa shape index (κ2) is 10.5. The number of benzene rings is 2. The Morgan fingerprint density at radius 2 is 1.48 bits per heavy atom. The highest BCUT2D eigenvalue weighted by Gasteiger charge is 2.33. The Kier molecular flexibility index (Phi) is 8.29. The third kappa shape index (κ3) is 6.06. The normalized spacial score (nSPS) is 26.1. The summed E-state index contributed by atoms with van der Waals surface area (Å²) in [6, 6.07) is 20.0. The molecule has 2 N–H and O–H groups in total. The van der Waals surface area contributed by atoms with Gasteiger partial charge in [-0.3, -0.25) is 4.79 Å². The molecule has 1 heterocycles. The summed E-state index contributed by atoms with van der Waals surface area (Å²) in [5, 5.41) is 0. The van der Waals surface area contributed by atoms with E-state index in [1.165, 1.54) is 11.1 Å². The van der Waals surface area contributed by atoms with Gasteiger partial charge in [0, 0.05) is 5.92 Å². The molecule has 0 saturated carbocycles. The van der Waals surface area contributed by atoms with Gasteiger partial charge in [-0.1, -0.05) is 60.7 Å². The summed E-state index contributed by atoms with van der Waals surface area (Å²) in [5.74, 6) is 0.0217. The standard InChI is InChI=1S/C22H27NO3.ClH/c1-16-20(13-18-10-6-3-7-11-18)19(12-17-8-4-2-5-9-17)14-25-15-21(23)22(24)26-16;/h2-11,16,19-21H,12-15,23H2,1H3;1H/t16-,19+,20+,21+;/m1./s1. The second-order valence-electron chi connectivity index (χ2n) is 7.09. The highest BCUT2D eigenvalue weighted by Crippen LogP contribution is 2.28. The zero-order valence-electron chi connectivity index (χ0n) is 15.6. The molecule has 0 unspecified atom stereocenters. The first-order valence-corrected chi connectivity index (χ1v) is 9.25. The monoisotopic (exact) mass is 389 g/mol. The number of esters is 1. The smallest absolute Gasteiger partial charge is 0.325 e. The van der Waals surface area contributed by atoms with Crippen LogP contribution in [-0.4, -0.2) is 31.3 Å².